The third-order valence-corrected chi connectivity index (χ3v) is 2.31. The first-order valence-corrected chi connectivity index (χ1v) is 4.48. The van der Waals surface area contributed by atoms with Crippen LogP contribution in [0, 0.1) is 0 Å². The molecule has 1 aliphatic heterocycles. The van der Waals surface area contributed by atoms with E-state index in [-0.39, 0.29) is 17.7 Å². The second-order valence-corrected chi connectivity index (χ2v) is 3.48. The quantitative estimate of drug-likeness (QED) is 0.698. The van der Waals surface area contributed by atoms with Crippen LogP contribution in [-0.2, 0) is 9.59 Å². The van der Waals surface area contributed by atoms with Crippen LogP contribution in [0.15, 0.2) is 0 Å². The van der Waals surface area contributed by atoms with Gasteiger partial charge in [-0.25, -0.2) is 9.18 Å². The molecule has 1 amide bonds. The number of hydrogen-bond acceptors (Lipinski definition) is 2. The van der Waals surface area contributed by atoms with Crippen LogP contribution in [0.5, 0.6) is 0 Å². The van der Waals surface area contributed by atoms with Gasteiger partial charge in [-0.15, -0.1) is 0 Å². The van der Waals surface area contributed by atoms with E-state index >= 15 is 0 Å². The number of nitrogens with zero attached hydrogens (tertiary/aromatic N) is 1. The predicted octanol–water partition coefficient (Wildman–Crippen LogP) is 0.962. The summed E-state index contributed by atoms with van der Waals surface area (Å²) in [6.45, 7) is -0.824. The van der Waals surface area contributed by atoms with Crippen LogP contribution < -0.4 is 0 Å². The highest BCUT2D eigenvalue weighted by Gasteiger charge is 2.48. The largest absolute Gasteiger partial charge is 0.480 e. The number of alkyl halides is 4. The van der Waals surface area contributed by atoms with Crippen molar-refractivity contribution in [3.63, 3.8) is 0 Å². The highest BCUT2D eigenvalue weighted by Crippen LogP contribution is 2.26. The fourth-order valence-corrected chi connectivity index (χ4v) is 1.57. The number of rotatable bonds is 1. The van der Waals surface area contributed by atoms with E-state index < -0.39 is 36.8 Å². The maximum atomic E-state index is 12.9. The van der Waals surface area contributed by atoms with Gasteiger partial charge in [0.25, 0.3) is 0 Å². The minimum Gasteiger partial charge on any atom is -0.480 e. The lowest BCUT2D eigenvalue weighted by Gasteiger charge is -2.34. The molecule has 16 heavy (non-hydrogen) atoms. The number of halogens is 4. The van der Waals surface area contributed by atoms with Crippen LogP contribution in [-0.4, -0.2) is 46.8 Å². The summed E-state index contributed by atoms with van der Waals surface area (Å²) in [5.41, 5.74) is 0. The Morgan fingerprint density at radius 3 is 2.25 bits per heavy atom. The molecule has 1 rings (SSSR count). The monoisotopic (exact) mass is 243 g/mol. The van der Waals surface area contributed by atoms with Gasteiger partial charge in [-0.1, -0.05) is 0 Å². The molecule has 0 aromatic rings. The van der Waals surface area contributed by atoms with Crippen molar-refractivity contribution in [1.82, 2.24) is 4.90 Å². The van der Waals surface area contributed by atoms with Gasteiger partial charge in [-0.3, -0.25) is 4.79 Å². The molecule has 1 saturated heterocycles. The van der Waals surface area contributed by atoms with E-state index in [1.165, 1.54) is 0 Å². The Morgan fingerprint density at radius 2 is 1.81 bits per heavy atom. The zero-order valence-electron chi connectivity index (χ0n) is 8.00. The number of aliphatic carboxylic acids is 1. The Bertz CT molecular complexity index is 304. The average Bonchev–Trinajstić information content (AvgIpc) is 2.14. The molecular weight excluding hydrogens is 234 g/mol. The summed E-state index contributed by atoms with van der Waals surface area (Å²) in [5.74, 6) is -3.85. The molecule has 1 heterocycles. The highest BCUT2D eigenvalue weighted by atomic mass is 19.4. The lowest BCUT2D eigenvalue weighted by Crippen LogP contribution is -2.55. The molecule has 0 aromatic heterocycles. The van der Waals surface area contributed by atoms with Crippen LogP contribution in [0.1, 0.15) is 12.8 Å². The third-order valence-electron chi connectivity index (χ3n) is 2.31. The second kappa shape index (κ2) is 4.26. The normalized spacial score (nSPS) is 26.6. The van der Waals surface area contributed by atoms with Gasteiger partial charge in [0.05, 0.1) is 6.54 Å². The predicted molar refractivity (Wildman–Crippen MR) is 43.3 cm³/mol. The summed E-state index contributed by atoms with van der Waals surface area (Å²) >= 11 is 0. The number of piperidine rings is 1. The van der Waals surface area contributed by atoms with Crippen molar-refractivity contribution in [3.8, 4) is 0 Å². The molecule has 0 bridgehead atoms. The molecule has 1 fully saturated rings. The number of carbonyl (C=O) groups excluding carboxylic acids is 1. The van der Waals surface area contributed by atoms with Gasteiger partial charge < -0.3 is 10.0 Å². The molecule has 8 heteroatoms. The third kappa shape index (κ3) is 2.61. The van der Waals surface area contributed by atoms with Crippen molar-refractivity contribution in [1.29, 1.82) is 0 Å². The standard InChI is InChI=1S/C8H9F4NO3/c9-4-1-2-5(6(14)15)13(3-4)7(16)8(10,11)12/h4-5H,1-3H2,(H,14,15). The van der Waals surface area contributed by atoms with E-state index in [2.05, 4.69) is 0 Å². The molecule has 0 aromatic carbocycles. The van der Waals surface area contributed by atoms with Gasteiger partial charge in [0.1, 0.15) is 12.2 Å². The van der Waals surface area contributed by atoms with Gasteiger partial charge in [-0.05, 0) is 12.8 Å². The van der Waals surface area contributed by atoms with E-state index in [1.54, 1.807) is 0 Å². The van der Waals surface area contributed by atoms with Crippen LogP contribution in [0.4, 0.5) is 17.6 Å². The van der Waals surface area contributed by atoms with E-state index in [4.69, 9.17) is 5.11 Å². The Balaban J connectivity index is 2.87. The average molecular weight is 243 g/mol. The van der Waals surface area contributed by atoms with Crippen molar-refractivity contribution in [2.45, 2.75) is 31.2 Å². The maximum absolute atomic E-state index is 12.9. The summed E-state index contributed by atoms with van der Waals surface area (Å²) in [4.78, 5) is 21.5. The molecular formula is C8H9F4NO3. The van der Waals surface area contributed by atoms with Crippen molar-refractivity contribution in [2.24, 2.45) is 0 Å². The number of carboxylic acid groups (broad SMARTS) is 1. The summed E-state index contributed by atoms with van der Waals surface area (Å²) < 4.78 is 49.1. The second-order valence-electron chi connectivity index (χ2n) is 3.48. The van der Waals surface area contributed by atoms with Crippen LogP contribution in [0.2, 0.25) is 0 Å². The molecule has 1 N–H and O–H groups in total. The molecule has 1 aliphatic rings. The molecule has 2 unspecified atom stereocenters. The Labute approximate surface area is 87.8 Å². The van der Waals surface area contributed by atoms with Crippen LogP contribution in [0.25, 0.3) is 0 Å². The van der Waals surface area contributed by atoms with Gasteiger partial charge >= 0.3 is 18.1 Å². The van der Waals surface area contributed by atoms with Gasteiger partial charge in [0.2, 0.25) is 0 Å². The highest BCUT2D eigenvalue weighted by molar-refractivity contribution is 5.87. The summed E-state index contributed by atoms with van der Waals surface area (Å²) in [6.07, 6.45) is -7.25. The van der Waals surface area contributed by atoms with Crippen LogP contribution >= 0.6 is 0 Å². The number of amides is 1. The first-order chi connectivity index (χ1) is 7.23. The van der Waals surface area contributed by atoms with E-state index in [0.717, 1.165) is 0 Å². The van der Waals surface area contributed by atoms with Crippen molar-refractivity contribution in [2.75, 3.05) is 6.54 Å². The number of carboxylic acids is 1. The summed E-state index contributed by atoms with van der Waals surface area (Å²) in [7, 11) is 0. The topological polar surface area (TPSA) is 57.6 Å². The fourth-order valence-electron chi connectivity index (χ4n) is 1.57. The first-order valence-electron chi connectivity index (χ1n) is 4.48. The molecule has 0 saturated carbocycles. The van der Waals surface area contributed by atoms with E-state index in [0.29, 0.717) is 0 Å². The molecule has 0 radical (unpaired) electrons. The number of hydrogen-bond donors (Lipinski definition) is 1. The van der Waals surface area contributed by atoms with Crippen molar-refractivity contribution >= 4 is 11.9 Å². The minimum atomic E-state index is -5.18. The summed E-state index contributed by atoms with van der Waals surface area (Å²) in [5, 5.41) is 8.63. The Kier molecular flexibility index (Phi) is 3.39. The first kappa shape index (κ1) is 12.7. The molecule has 4 nitrogen and oxygen atoms in total. The maximum Gasteiger partial charge on any atom is 0.471 e. The molecule has 0 spiro atoms. The van der Waals surface area contributed by atoms with Crippen molar-refractivity contribution in [3.05, 3.63) is 0 Å². The van der Waals surface area contributed by atoms with Crippen LogP contribution in [0.3, 0.4) is 0 Å². The van der Waals surface area contributed by atoms with Gasteiger partial charge in [0, 0.05) is 0 Å². The van der Waals surface area contributed by atoms with E-state index in [1.807, 2.05) is 0 Å². The number of likely N-dealkylation sites (tertiary alicyclic amines) is 1. The smallest absolute Gasteiger partial charge is 0.471 e. The SMILES string of the molecule is O=C(O)C1CCC(F)CN1C(=O)C(F)(F)F. The van der Waals surface area contributed by atoms with Gasteiger partial charge in [0.15, 0.2) is 0 Å². The Hall–Kier alpha value is -1.34. The molecule has 92 valence electrons. The van der Waals surface area contributed by atoms with Crippen molar-refractivity contribution < 1.29 is 32.3 Å². The minimum absolute atomic E-state index is 0.0382. The zero-order valence-corrected chi connectivity index (χ0v) is 8.00. The molecule has 2 atom stereocenters. The fraction of sp³-hybridized carbons (Fsp3) is 0.750. The van der Waals surface area contributed by atoms with E-state index in [9.17, 15) is 27.2 Å². The lowest BCUT2D eigenvalue weighted by molar-refractivity contribution is -0.192. The molecule has 0 aliphatic carbocycles. The van der Waals surface area contributed by atoms with Gasteiger partial charge in [-0.2, -0.15) is 13.2 Å². The zero-order chi connectivity index (χ0) is 12.5. The summed E-state index contributed by atoms with van der Waals surface area (Å²) in [6, 6.07) is -1.60. The lowest BCUT2D eigenvalue weighted by atomic mass is 10.0. The number of carbonyl (C=O) groups is 2. The Morgan fingerprint density at radius 1 is 1.25 bits per heavy atom.